The lowest BCUT2D eigenvalue weighted by atomic mass is 9.97. The lowest BCUT2D eigenvalue weighted by Gasteiger charge is -2.15. The summed E-state index contributed by atoms with van der Waals surface area (Å²) >= 11 is 0. The predicted octanol–water partition coefficient (Wildman–Crippen LogP) is -0.214. The van der Waals surface area contributed by atoms with Gasteiger partial charge in [0.15, 0.2) is 13.1 Å². The van der Waals surface area contributed by atoms with Crippen LogP contribution in [0, 0.1) is 0 Å². The molecule has 1 saturated carbocycles. The van der Waals surface area contributed by atoms with Crippen molar-refractivity contribution in [2.24, 2.45) is 0 Å². The van der Waals surface area contributed by atoms with Crippen LogP contribution in [0.1, 0.15) is 44.9 Å². The van der Waals surface area contributed by atoms with Crippen molar-refractivity contribution in [2.45, 2.75) is 51.0 Å². The summed E-state index contributed by atoms with van der Waals surface area (Å²) in [5.41, 5.74) is 1.48. The number of carbonyl (C=O) groups excluding carboxylic acids is 2. The Kier molecular flexibility index (Phi) is 6.23. The van der Waals surface area contributed by atoms with Crippen molar-refractivity contribution < 1.29 is 14.5 Å². The quantitative estimate of drug-likeness (QED) is 0.542. The van der Waals surface area contributed by atoms with E-state index in [2.05, 4.69) is 16.7 Å². The van der Waals surface area contributed by atoms with Crippen molar-refractivity contribution in [3.05, 3.63) is 11.6 Å². The molecule has 0 aliphatic heterocycles. The van der Waals surface area contributed by atoms with E-state index in [-0.39, 0.29) is 11.8 Å². The molecule has 0 spiro atoms. The monoisotopic (exact) mass is 294 g/mol. The molecule has 2 aliphatic carbocycles. The smallest absolute Gasteiger partial charge is 0.275 e. The van der Waals surface area contributed by atoms with Gasteiger partial charge in [-0.2, -0.15) is 0 Å². The van der Waals surface area contributed by atoms with Gasteiger partial charge in [-0.25, -0.2) is 0 Å². The molecule has 0 aromatic rings. The molecular weight excluding hydrogens is 266 g/mol. The molecule has 0 radical (unpaired) electrons. The zero-order chi connectivity index (χ0) is 15.1. The van der Waals surface area contributed by atoms with Crippen LogP contribution in [0.5, 0.6) is 0 Å². The first-order chi connectivity index (χ1) is 10.1. The largest absolute Gasteiger partial charge is 0.351 e. The normalized spacial score (nSPS) is 19.6. The molecule has 2 rings (SSSR count). The SMILES string of the molecule is C[NH+](CC(=O)NCCC1=CCCCC1)CC(=O)NC1CC1. The summed E-state index contributed by atoms with van der Waals surface area (Å²) in [7, 11) is 1.88. The average Bonchev–Trinajstić information content (AvgIpc) is 3.23. The van der Waals surface area contributed by atoms with Crippen LogP contribution in [0.15, 0.2) is 11.6 Å². The van der Waals surface area contributed by atoms with Crippen LogP contribution in [-0.2, 0) is 9.59 Å². The number of likely N-dealkylation sites (N-methyl/N-ethyl adjacent to an activating group) is 1. The Balaban J connectivity index is 1.55. The van der Waals surface area contributed by atoms with E-state index in [1.54, 1.807) is 0 Å². The van der Waals surface area contributed by atoms with Gasteiger partial charge in [-0.15, -0.1) is 0 Å². The highest BCUT2D eigenvalue weighted by atomic mass is 16.2. The molecule has 1 atom stereocenters. The number of quaternary nitrogens is 1. The molecule has 2 amide bonds. The Morgan fingerprint density at radius 2 is 2.00 bits per heavy atom. The van der Waals surface area contributed by atoms with Crippen LogP contribution in [0.2, 0.25) is 0 Å². The first-order valence-corrected chi connectivity index (χ1v) is 8.19. The number of nitrogens with one attached hydrogen (secondary N) is 3. The van der Waals surface area contributed by atoms with Gasteiger partial charge in [-0.3, -0.25) is 9.59 Å². The standard InChI is InChI=1S/C16H27N3O2/c1-19(12-16(21)18-14-7-8-14)11-15(20)17-10-9-13-5-3-2-4-6-13/h5,14H,2-4,6-12H2,1H3,(H,17,20)(H,18,21)/p+1. The van der Waals surface area contributed by atoms with Crippen molar-refractivity contribution in [1.82, 2.24) is 10.6 Å². The number of allylic oxidation sites excluding steroid dienone is 1. The van der Waals surface area contributed by atoms with Crippen molar-refractivity contribution in [3.8, 4) is 0 Å². The summed E-state index contributed by atoms with van der Waals surface area (Å²) in [6, 6.07) is 0.392. The minimum atomic E-state index is 0.0307. The average molecular weight is 294 g/mol. The zero-order valence-corrected chi connectivity index (χ0v) is 13.0. The van der Waals surface area contributed by atoms with Gasteiger partial charge in [0.25, 0.3) is 11.8 Å². The van der Waals surface area contributed by atoms with Gasteiger partial charge in [-0.05, 0) is 44.9 Å². The summed E-state index contributed by atoms with van der Waals surface area (Å²) in [5.74, 6) is 0.0818. The molecule has 0 bridgehead atoms. The summed E-state index contributed by atoms with van der Waals surface area (Å²) in [5, 5.41) is 5.90. The molecular formula is C16H28N3O2+. The maximum atomic E-state index is 11.8. The fourth-order valence-corrected chi connectivity index (χ4v) is 2.67. The van der Waals surface area contributed by atoms with Gasteiger partial charge >= 0.3 is 0 Å². The molecule has 0 saturated heterocycles. The third kappa shape index (κ3) is 6.76. The minimum Gasteiger partial charge on any atom is -0.351 e. The van der Waals surface area contributed by atoms with Gasteiger partial charge in [-0.1, -0.05) is 11.6 Å². The van der Waals surface area contributed by atoms with E-state index >= 15 is 0 Å². The molecule has 5 nitrogen and oxygen atoms in total. The van der Waals surface area contributed by atoms with Gasteiger partial charge < -0.3 is 15.5 Å². The minimum absolute atomic E-state index is 0.0307. The molecule has 5 heteroatoms. The summed E-state index contributed by atoms with van der Waals surface area (Å²) < 4.78 is 0. The third-order valence-corrected chi connectivity index (χ3v) is 4.02. The van der Waals surface area contributed by atoms with E-state index in [9.17, 15) is 9.59 Å². The van der Waals surface area contributed by atoms with Crippen molar-refractivity contribution in [3.63, 3.8) is 0 Å². The molecule has 1 unspecified atom stereocenters. The van der Waals surface area contributed by atoms with Crippen molar-refractivity contribution >= 4 is 11.8 Å². The van der Waals surface area contributed by atoms with Crippen molar-refractivity contribution in [2.75, 3.05) is 26.7 Å². The van der Waals surface area contributed by atoms with Crippen LogP contribution in [0.25, 0.3) is 0 Å². The lowest BCUT2D eigenvalue weighted by Crippen LogP contribution is -3.11. The van der Waals surface area contributed by atoms with E-state index in [0.29, 0.717) is 25.7 Å². The first kappa shape index (κ1) is 16.0. The van der Waals surface area contributed by atoms with Crippen molar-refractivity contribution in [1.29, 1.82) is 0 Å². The number of amides is 2. The van der Waals surface area contributed by atoms with E-state index in [4.69, 9.17) is 0 Å². The Bertz CT molecular complexity index is 402. The second-order valence-corrected chi connectivity index (χ2v) is 6.36. The van der Waals surface area contributed by atoms with Crippen LogP contribution in [0.4, 0.5) is 0 Å². The molecule has 0 aromatic heterocycles. The molecule has 2 aliphatic rings. The highest BCUT2D eigenvalue weighted by molar-refractivity contribution is 5.79. The van der Waals surface area contributed by atoms with Gasteiger partial charge in [0.1, 0.15) is 0 Å². The summed E-state index contributed by atoms with van der Waals surface area (Å²) in [6.07, 6.45) is 10.4. The Hall–Kier alpha value is -1.36. The third-order valence-electron chi connectivity index (χ3n) is 4.02. The first-order valence-electron chi connectivity index (χ1n) is 8.19. The lowest BCUT2D eigenvalue weighted by molar-refractivity contribution is -0.862. The van der Waals surface area contributed by atoms with E-state index < -0.39 is 0 Å². The van der Waals surface area contributed by atoms with Gasteiger partial charge in [0.05, 0.1) is 7.05 Å². The van der Waals surface area contributed by atoms with Crippen LogP contribution in [0.3, 0.4) is 0 Å². The second-order valence-electron chi connectivity index (χ2n) is 6.36. The molecule has 0 aromatic carbocycles. The van der Waals surface area contributed by atoms with Crippen LogP contribution in [-0.4, -0.2) is 44.5 Å². The summed E-state index contributed by atoms with van der Waals surface area (Å²) in [4.78, 5) is 24.4. The fraction of sp³-hybridized carbons (Fsp3) is 0.750. The maximum absolute atomic E-state index is 11.8. The number of carbonyl (C=O) groups is 2. The van der Waals surface area contributed by atoms with E-state index in [1.807, 2.05) is 7.05 Å². The second kappa shape index (κ2) is 8.17. The molecule has 118 valence electrons. The van der Waals surface area contributed by atoms with Crippen LogP contribution < -0.4 is 15.5 Å². The van der Waals surface area contributed by atoms with Gasteiger partial charge in [0, 0.05) is 12.6 Å². The summed E-state index contributed by atoms with van der Waals surface area (Å²) in [6.45, 7) is 1.44. The van der Waals surface area contributed by atoms with E-state index in [1.165, 1.54) is 31.3 Å². The van der Waals surface area contributed by atoms with Crippen LogP contribution >= 0.6 is 0 Å². The Labute approximate surface area is 127 Å². The molecule has 1 fully saturated rings. The Morgan fingerprint density at radius 3 is 2.67 bits per heavy atom. The fourth-order valence-electron chi connectivity index (χ4n) is 2.67. The molecule has 3 N–H and O–H groups in total. The maximum Gasteiger partial charge on any atom is 0.275 e. The van der Waals surface area contributed by atoms with E-state index in [0.717, 1.165) is 24.2 Å². The topological polar surface area (TPSA) is 62.6 Å². The zero-order valence-electron chi connectivity index (χ0n) is 13.0. The highest BCUT2D eigenvalue weighted by Crippen LogP contribution is 2.19. The highest BCUT2D eigenvalue weighted by Gasteiger charge is 2.24. The predicted molar refractivity (Wildman–Crippen MR) is 82.0 cm³/mol. The number of rotatable bonds is 8. The molecule has 0 heterocycles. The molecule has 21 heavy (non-hydrogen) atoms. The Morgan fingerprint density at radius 1 is 1.24 bits per heavy atom. The van der Waals surface area contributed by atoms with Gasteiger partial charge in [0.2, 0.25) is 0 Å². The number of hydrogen-bond acceptors (Lipinski definition) is 2. The number of hydrogen-bond donors (Lipinski definition) is 3.